The number of primary amides is 1. The lowest BCUT2D eigenvalue weighted by molar-refractivity contribution is -0.153. The molecule has 7 N–H and O–H groups in total. The van der Waals surface area contributed by atoms with Gasteiger partial charge in [0, 0.05) is 55.5 Å². The summed E-state index contributed by atoms with van der Waals surface area (Å²) in [5, 5.41) is 48.9. The molecule has 0 bridgehead atoms. The van der Waals surface area contributed by atoms with Crippen LogP contribution in [0.5, 0.6) is 5.75 Å². The van der Waals surface area contributed by atoms with Gasteiger partial charge in [-0.2, -0.15) is 0 Å². The number of anilines is 1. The van der Waals surface area contributed by atoms with Gasteiger partial charge in [0.2, 0.25) is 5.78 Å². The van der Waals surface area contributed by atoms with Crippen LogP contribution in [0.15, 0.2) is 47.2 Å². The summed E-state index contributed by atoms with van der Waals surface area (Å²) < 4.78 is 14.1. The Hall–Kier alpha value is -4.26. The minimum absolute atomic E-state index is 0.00480. The Balaban J connectivity index is 1.62. The fourth-order valence-electron chi connectivity index (χ4n) is 6.85. The van der Waals surface area contributed by atoms with Crippen molar-refractivity contribution in [1.29, 1.82) is 0 Å². The van der Waals surface area contributed by atoms with Crippen LogP contribution in [0.4, 0.5) is 10.1 Å². The van der Waals surface area contributed by atoms with E-state index in [1.165, 1.54) is 11.0 Å². The number of phenolic OH excluding ortho intramolecular Hbond substituents is 1. The van der Waals surface area contributed by atoms with Crippen LogP contribution in [0.1, 0.15) is 28.7 Å². The predicted octanol–water partition coefficient (Wildman–Crippen LogP) is 1.46. The molecule has 0 heterocycles. The number of phenols is 1. The molecule has 228 valence electrons. The van der Waals surface area contributed by atoms with E-state index < -0.39 is 58.0 Å². The fraction of sp³-hybridized carbons (Fsp3) is 0.387. The van der Waals surface area contributed by atoms with Crippen LogP contribution < -0.4 is 16.0 Å². The number of aliphatic hydroxyl groups excluding tert-OH is 2. The molecule has 43 heavy (non-hydrogen) atoms. The Labute approximate surface area is 247 Å². The summed E-state index contributed by atoms with van der Waals surface area (Å²) in [5.41, 5.74) is 3.63. The summed E-state index contributed by atoms with van der Waals surface area (Å²) in [6, 6.07) is 6.88. The number of nitrogens with zero attached hydrogens (tertiary/aromatic N) is 2. The van der Waals surface area contributed by atoms with Crippen molar-refractivity contribution < 1.29 is 39.2 Å². The normalized spacial score (nSPS) is 25.0. The number of Topliss-reactive ketones (excluding diaryl/α,β-unsaturated/α-hetero) is 2. The molecule has 0 unspecified atom stereocenters. The average molecular weight is 595 g/mol. The molecule has 12 heteroatoms. The number of nitrogens with two attached hydrogens (primary N) is 1. The molecule has 3 aliphatic rings. The molecule has 3 aliphatic carbocycles. The van der Waals surface area contributed by atoms with Gasteiger partial charge in [0.25, 0.3) is 5.91 Å². The minimum atomic E-state index is -2.70. The van der Waals surface area contributed by atoms with Crippen LogP contribution in [0.25, 0.3) is 5.76 Å². The van der Waals surface area contributed by atoms with Gasteiger partial charge in [-0.25, -0.2) is 4.39 Å². The van der Waals surface area contributed by atoms with E-state index in [0.717, 1.165) is 0 Å². The van der Waals surface area contributed by atoms with Gasteiger partial charge in [-0.05, 0) is 50.6 Å². The summed E-state index contributed by atoms with van der Waals surface area (Å²) in [7, 11) is 6.69. The van der Waals surface area contributed by atoms with E-state index in [9.17, 15) is 39.2 Å². The van der Waals surface area contributed by atoms with Crippen LogP contribution in [-0.4, -0.2) is 82.6 Å². The van der Waals surface area contributed by atoms with Crippen molar-refractivity contribution in [3.8, 4) is 5.75 Å². The quantitative estimate of drug-likeness (QED) is 0.257. The maximum absolute atomic E-state index is 14.1. The number of carbonyl (C=O) groups is 3. The van der Waals surface area contributed by atoms with E-state index >= 15 is 0 Å². The van der Waals surface area contributed by atoms with Crippen molar-refractivity contribution in [2.75, 3.05) is 33.1 Å². The van der Waals surface area contributed by atoms with Crippen molar-refractivity contribution in [1.82, 2.24) is 10.2 Å². The highest BCUT2D eigenvalue weighted by molar-refractivity contribution is 6.24. The average Bonchev–Trinajstić information content (AvgIpc) is 2.92. The van der Waals surface area contributed by atoms with Gasteiger partial charge >= 0.3 is 0 Å². The lowest BCUT2D eigenvalue weighted by Gasteiger charge is -2.50. The second-order valence-corrected chi connectivity index (χ2v) is 11.8. The number of hydrogen-bond acceptors (Lipinski definition) is 10. The number of aliphatic hydroxyl groups is 3. The zero-order valence-electron chi connectivity index (χ0n) is 24.3. The molecule has 2 aromatic rings. The molecule has 1 saturated carbocycles. The topological polar surface area (TPSA) is 177 Å². The monoisotopic (exact) mass is 594 g/mol. The smallest absolute Gasteiger partial charge is 0.255 e. The third-order valence-electron chi connectivity index (χ3n) is 8.85. The standard InChI is InChI=1S/C31H35FN4O7/c1-35(2)20-11-16(13-34-12-14-7-5-6-8-19(14)32)25(37)22-17(20)9-15-10-18-24(36(3)4)27(39)23(30(33)42)29(41)31(18,43)28(40)21(15)26(22)38/h5-8,11,15,18,24,34,37-38,41,43H,9-10,12-13H2,1-4H3,(H2,33,42)/t15-,18-,24+,31-/m0/s1. The number of likely N-dealkylation sites (N-methyl/N-ethyl adjacent to an activating group) is 1. The Morgan fingerprint density at radius 2 is 1.74 bits per heavy atom. The number of amides is 1. The maximum Gasteiger partial charge on any atom is 0.255 e. The Bertz CT molecular complexity index is 1620. The number of carbonyl (C=O) groups excluding carboxylic acids is 3. The number of hydrogen-bond donors (Lipinski definition) is 6. The van der Waals surface area contributed by atoms with Crippen LogP contribution in [0.2, 0.25) is 0 Å². The van der Waals surface area contributed by atoms with Crippen LogP contribution in [0, 0.1) is 17.7 Å². The fourth-order valence-corrected chi connectivity index (χ4v) is 6.85. The van der Waals surface area contributed by atoms with Gasteiger partial charge in [-0.1, -0.05) is 18.2 Å². The summed E-state index contributed by atoms with van der Waals surface area (Å²) in [5.74, 6) is -7.35. The number of aromatic hydroxyl groups is 1. The number of nitrogens with one attached hydrogen (secondary N) is 1. The van der Waals surface area contributed by atoms with Crippen molar-refractivity contribution in [2.24, 2.45) is 17.6 Å². The van der Waals surface area contributed by atoms with Gasteiger partial charge in [-0.3, -0.25) is 19.3 Å². The lowest BCUT2D eigenvalue weighted by atomic mass is 9.57. The van der Waals surface area contributed by atoms with Gasteiger partial charge in [0.1, 0.15) is 28.7 Å². The Morgan fingerprint density at radius 3 is 2.35 bits per heavy atom. The lowest BCUT2D eigenvalue weighted by Crippen LogP contribution is -2.65. The van der Waals surface area contributed by atoms with Crippen molar-refractivity contribution in [3.63, 3.8) is 0 Å². The molecule has 5 rings (SSSR count). The van der Waals surface area contributed by atoms with Gasteiger partial charge in [0.05, 0.1) is 11.6 Å². The van der Waals surface area contributed by atoms with Crippen molar-refractivity contribution in [2.45, 2.75) is 37.6 Å². The first-order valence-corrected chi connectivity index (χ1v) is 13.9. The molecule has 0 radical (unpaired) electrons. The van der Waals surface area contributed by atoms with Crippen molar-refractivity contribution in [3.05, 3.63) is 75.3 Å². The third-order valence-corrected chi connectivity index (χ3v) is 8.85. The van der Waals surface area contributed by atoms with E-state index in [2.05, 4.69) is 5.32 Å². The Morgan fingerprint density at radius 1 is 1.09 bits per heavy atom. The highest BCUT2D eigenvalue weighted by Crippen LogP contribution is 2.54. The predicted molar refractivity (Wildman–Crippen MR) is 156 cm³/mol. The second kappa shape index (κ2) is 10.8. The van der Waals surface area contributed by atoms with E-state index in [1.807, 2.05) is 0 Å². The molecule has 4 atom stereocenters. The Kier molecular flexibility index (Phi) is 7.57. The summed E-state index contributed by atoms with van der Waals surface area (Å²) in [6.45, 7) is 0.264. The van der Waals surface area contributed by atoms with Gasteiger partial charge < -0.3 is 36.4 Å². The highest BCUT2D eigenvalue weighted by atomic mass is 19.1. The third kappa shape index (κ3) is 4.57. The zero-order chi connectivity index (χ0) is 31.5. The first-order valence-electron chi connectivity index (χ1n) is 13.9. The van der Waals surface area contributed by atoms with Crippen LogP contribution in [-0.2, 0) is 33.9 Å². The molecule has 1 amide bonds. The second-order valence-electron chi connectivity index (χ2n) is 11.8. The van der Waals surface area contributed by atoms with E-state index in [4.69, 9.17) is 5.73 Å². The number of fused-ring (bicyclic) bond motifs is 3. The molecular formula is C31H35FN4O7. The first-order chi connectivity index (χ1) is 20.2. The molecule has 0 saturated heterocycles. The summed E-state index contributed by atoms with van der Waals surface area (Å²) in [6.07, 6.45) is 0.184. The minimum Gasteiger partial charge on any atom is -0.508 e. The SMILES string of the molecule is CN(C)c1cc(CNCc2ccccc2F)c(O)c2c1C[C@H]1C[C@H]3[C@@H](N(C)C)C(=O)C(C(N)=O)=C(O)[C@@]3(O)C(=O)C1=C2O. The number of halogens is 1. The van der Waals surface area contributed by atoms with E-state index in [1.54, 1.807) is 57.4 Å². The van der Waals surface area contributed by atoms with E-state index in [-0.39, 0.29) is 48.6 Å². The molecule has 0 aromatic heterocycles. The molecule has 1 fully saturated rings. The highest BCUT2D eigenvalue weighted by Gasteiger charge is 2.64. The summed E-state index contributed by atoms with van der Waals surface area (Å²) in [4.78, 5) is 42.8. The molecule has 0 spiro atoms. The van der Waals surface area contributed by atoms with Gasteiger partial charge in [-0.15, -0.1) is 0 Å². The number of benzene rings is 2. The number of rotatable bonds is 7. The van der Waals surface area contributed by atoms with Crippen LogP contribution in [0.3, 0.4) is 0 Å². The molecule has 0 aliphatic heterocycles. The van der Waals surface area contributed by atoms with Crippen LogP contribution >= 0.6 is 0 Å². The number of ketones is 2. The molecule has 11 nitrogen and oxygen atoms in total. The zero-order valence-corrected chi connectivity index (χ0v) is 24.3. The van der Waals surface area contributed by atoms with Gasteiger partial charge in [0.15, 0.2) is 11.4 Å². The maximum atomic E-state index is 14.1. The van der Waals surface area contributed by atoms with Crippen molar-refractivity contribution >= 4 is 28.9 Å². The molecular weight excluding hydrogens is 559 g/mol. The largest absolute Gasteiger partial charge is 0.508 e. The summed E-state index contributed by atoms with van der Waals surface area (Å²) >= 11 is 0. The van der Waals surface area contributed by atoms with E-state index in [0.29, 0.717) is 22.4 Å². The first kappa shape index (κ1) is 30.2. The molecule has 2 aromatic carbocycles.